The number of benzene rings is 3. The van der Waals surface area contributed by atoms with Gasteiger partial charge in [0.2, 0.25) is 5.91 Å². The molecular weight excluding hydrogens is 951 g/mol. The number of allylic oxidation sites excluding steroid dienone is 1. The first-order valence-electron chi connectivity index (χ1n) is 24.6. The van der Waals surface area contributed by atoms with E-state index in [0.717, 1.165) is 58.3 Å². The summed E-state index contributed by atoms with van der Waals surface area (Å²) in [5.41, 5.74) is 1.91. The van der Waals surface area contributed by atoms with Crippen LogP contribution in [0, 0.1) is 24.0 Å². The minimum absolute atomic E-state index is 0.0300. The summed E-state index contributed by atoms with van der Waals surface area (Å²) in [6.45, 7) is 13.6. The maximum atomic E-state index is 16.9. The minimum Gasteiger partial charge on any atom is -0.508 e. The van der Waals surface area contributed by atoms with Crippen molar-refractivity contribution in [3.63, 3.8) is 0 Å². The van der Waals surface area contributed by atoms with Crippen molar-refractivity contribution in [2.24, 2.45) is 0 Å². The number of phenolic OH excluding ortho intramolecular Hbond substituents is 1. The maximum absolute atomic E-state index is 16.9. The van der Waals surface area contributed by atoms with Gasteiger partial charge in [-0.25, -0.2) is 8.78 Å². The van der Waals surface area contributed by atoms with Gasteiger partial charge in [-0.05, 0) is 87.7 Å². The molecule has 4 aliphatic heterocycles. The van der Waals surface area contributed by atoms with Crippen molar-refractivity contribution in [3.8, 4) is 35.4 Å². The number of nitrogens with zero attached hydrogens (tertiary/aromatic N) is 6. The van der Waals surface area contributed by atoms with Crippen molar-refractivity contribution in [1.29, 1.82) is 0 Å². The fourth-order valence-electron chi connectivity index (χ4n) is 11.0. The Morgan fingerprint density at radius 2 is 1.88 bits per heavy atom. The average molecular weight is 1020 g/mol. The first-order valence-corrected chi connectivity index (χ1v) is 24.6. The normalized spacial score (nSPS) is 20.1. The van der Waals surface area contributed by atoms with Gasteiger partial charge in [0.25, 0.3) is 5.91 Å². The molecule has 74 heavy (non-hydrogen) atoms. The number of aliphatic hydroxyl groups excluding tert-OH is 1. The van der Waals surface area contributed by atoms with Gasteiger partial charge < -0.3 is 50.8 Å². The number of ether oxygens (including phenoxy) is 1. The molecule has 5 atom stereocenters. The number of fused-ring (bicyclic) bond motifs is 5. The third kappa shape index (κ3) is 11.1. The molecule has 2 bridgehead atoms. The number of rotatable bonds is 17. The van der Waals surface area contributed by atoms with Crippen LogP contribution in [0.5, 0.6) is 11.8 Å². The molecule has 4 aliphatic rings. The fourth-order valence-corrected chi connectivity index (χ4v) is 11.0. The number of terminal acetylenes is 1. The van der Waals surface area contributed by atoms with Crippen molar-refractivity contribution in [3.05, 3.63) is 102 Å². The second-order valence-electron chi connectivity index (χ2n) is 19.0. The van der Waals surface area contributed by atoms with Crippen LogP contribution in [-0.2, 0) is 9.59 Å². The smallest absolute Gasteiger partial charge is 0.319 e. The molecule has 4 saturated heterocycles. The molecule has 0 spiro atoms. The number of aromatic hydroxyl groups is 1. The van der Waals surface area contributed by atoms with Crippen molar-refractivity contribution >= 4 is 58.1 Å². The summed E-state index contributed by atoms with van der Waals surface area (Å²) >= 11 is 0. The molecule has 2 amide bonds. The molecule has 9 rings (SSSR count). The number of aldehydes is 1. The van der Waals surface area contributed by atoms with Crippen LogP contribution in [0.3, 0.4) is 0 Å². The molecule has 3 aromatic carbocycles. The monoisotopic (exact) mass is 1010 g/mol. The summed E-state index contributed by atoms with van der Waals surface area (Å²) in [7, 11) is 5.01. The summed E-state index contributed by atoms with van der Waals surface area (Å²) in [4.78, 5) is 64.6. The summed E-state index contributed by atoms with van der Waals surface area (Å²) in [6, 6.07) is 10.8. The molecule has 2 aromatic heterocycles. The molecule has 0 aliphatic carbocycles. The van der Waals surface area contributed by atoms with Crippen LogP contribution in [0.2, 0.25) is 0 Å². The molecule has 6 N–H and O–H groups in total. The van der Waals surface area contributed by atoms with E-state index in [1.165, 1.54) is 48.8 Å². The number of carbonyl (C=O) groups excluding carboxylic acids is 4. The van der Waals surface area contributed by atoms with Gasteiger partial charge in [-0.3, -0.25) is 24.3 Å². The standard InChI is InChI=1S/C36H37F2N7O2.C18H25N3O4.CH2O/c1-4-26-29(37)8-5-21-11-25(46)12-27(30(21)26)32-31(38)33-28(15-40-32)34(44-17-22-6-7-23(18-44)41-22)43-35(42-33)47-19-36-10-9-24(14-39-3)45(36)16-20(2)13-36;1-4-5-9-16(17(24)19-2)21(3)18(25)13-7-6-8-15(14(13)12-23)20-10-11-22;1-2/h1,5,8,11-12,15,22-24,39,41,46H,2,6-7,9-10,13-14,16-19H2,3H3;4,6-8,12,16,20,22H,1,5,9-11H2,2-3H3,(H,19,24);1H2. The molecule has 5 unspecified atom stereocenters. The topological polar surface area (TPSA) is 214 Å². The van der Waals surface area contributed by atoms with Gasteiger partial charge in [0.05, 0.1) is 34.2 Å². The zero-order valence-corrected chi connectivity index (χ0v) is 42.1. The van der Waals surface area contributed by atoms with Crippen LogP contribution in [0.15, 0.2) is 73.5 Å². The zero-order chi connectivity index (χ0) is 53.3. The lowest BCUT2D eigenvalue weighted by Crippen LogP contribution is -2.51. The van der Waals surface area contributed by atoms with Crippen LogP contribution >= 0.6 is 0 Å². The molecule has 6 heterocycles. The lowest BCUT2D eigenvalue weighted by atomic mass is 9.94. The Morgan fingerprint density at radius 1 is 1.12 bits per heavy atom. The van der Waals surface area contributed by atoms with Crippen molar-refractivity contribution in [2.75, 3.05) is 77.3 Å². The van der Waals surface area contributed by atoms with E-state index in [0.29, 0.717) is 71.5 Å². The number of aromatic nitrogens is 3. The van der Waals surface area contributed by atoms with E-state index in [-0.39, 0.29) is 69.8 Å². The third-order valence-electron chi connectivity index (χ3n) is 14.3. The van der Waals surface area contributed by atoms with Crippen molar-refractivity contribution < 1.29 is 42.9 Å². The van der Waals surface area contributed by atoms with Crippen LogP contribution in [0.4, 0.5) is 20.3 Å². The number of pyridine rings is 1. The molecule has 390 valence electrons. The largest absolute Gasteiger partial charge is 0.508 e. The molecule has 5 aromatic rings. The first-order chi connectivity index (χ1) is 35.8. The highest BCUT2D eigenvalue weighted by Gasteiger charge is 2.51. The Balaban J connectivity index is 0.000000252. The number of anilines is 2. The number of nitrogens with one attached hydrogen (secondary N) is 4. The second kappa shape index (κ2) is 24.1. The highest BCUT2D eigenvalue weighted by Crippen LogP contribution is 2.45. The van der Waals surface area contributed by atoms with Crippen LogP contribution in [0.25, 0.3) is 32.9 Å². The van der Waals surface area contributed by atoms with Crippen molar-refractivity contribution in [2.45, 2.75) is 74.7 Å². The van der Waals surface area contributed by atoms with Crippen molar-refractivity contribution in [1.82, 2.24) is 40.7 Å². The molecular formula is C55H64F2N10O7. The van der Waals surface area contributed by atoms with E-state index in [9.17, 15) is 23.9 Å². The van der Waals surface area contributed by atoms with Gasteiger partial charge in [0, 0.05) is 87.8 Å². The molecule has 19 heteroatoms. The Kier molecular flexibility index (Phi) is 17.7. The van der Waals surface area contributed by atoms with E-state index < -0.39 is 23.6 Å². The van der Waals surface area contributed by atoms with Gasteiger partial charge in [0.15, 0.2) is 12.1 Å². The summed E-state index contributed by atoms with van der Waals surface area (Å²) < 4.78 is 38.2. The van der Waals surface area contributed by atoms with Gasteiger partial charge in [-0.2, -0.15) is 9.97 Å². The molecule has 0 saturated carbocycles. The number of halogens is 2. The molecule has 4 fully saturated rings. The van der Waals surface area contributed by atoms with Gasteiger partial charge in [0.1, 0.15) is 48.0 Å². The number of hydrogen-bond donors (Lipinski definition) is 6. The number of piperazine rings is 1. The zero-order valence-electron chi connectivity index (χ0n) is 42.1. The predicted octanol–water partition coefficient (Wildman–Crippen LogP) is 5.38. The van der Waals surface area contributed by atoms with Gasteiger partial charge >= 0.3 is 6.01 Å². The lowest BCUT2D eigenvalue weighted by Gasteiger charge is -2.35. The Bertz CT molecular complexity index is 2960. The second-order valence-corrected chi connectivity index (χ2v) is 19.0. The first kappa shape index (κ1) is 54.4. The Labute approximate surface area is 429 Å². The number of hydrogen-bond acceptors (Lipinski definition) is 15. The van der Waals surface area contributed by atoms with Crippen LogP contribution < -0.4 is 30.9 Å². The summed E-state index contributed by atoms with van der Waals surface area (Å²) in [6.07, 6.45) is 15.5. The molecule has 0 radical (unpaired) electrons. The average Bonchev–Trinajstić information content (AvgIpc) is 4.05. The highest BCUT2D eigenvalue weighted by atomic mass is 19.1. The number of phenols is 1. The Hall–Kier alpha value is -7.37. The number of amides is 2. The number of likely N-dealkylation sites (N-methyl/N-ethyl adjacent to an activating group) is 3. The highest BCUT2D eigenvalue weighted by molar-refractivity contribution is 6.06. The maximum Gasteiger partial charge on any atom is 0.319 e. The quantitative estimate of drug-likeness (QED) is 0.0392. The van der Waals surface area contributed by atoms with E-state index in [4.69, 9.17) is 26.0 Å². The van der Waals surface area contributed by atoms with E-state index in [1.807, 2.05) is 13.8 Å². The number of carbonyl (C=O) groups is 4. The third-order valence-corrected chi connectivity index (χ3v) is 14.3. The van der Waals surface area contributed by atoms with Crippen LogP contribution in [0.1, 0.15) is 71.2 Å². The summed E-state index contributed by atoms with van der Waals surface area (Å²) in [5.74, 6) is 0.801. The lowest BCUT2D eigenvalue weighted by molar-refractivity contribution is -0.125. The Morgan fingerprint density at radius 3 is 2.55 bits per heavy atom. The molecule has 17 nitrogen and oxygen atoms in total. The van der Waals surface area contributed by atoms with E-state index in [2.05, 4.69) is 60.1 Å². The SMILES string of the molecule is C#Cc1c(F)ccc2cc(O)cc(-c3ncc4c(N5CC6CCC(C5)N6)nc(OCC56CCC(CNC)N5CC(=C)C6)nc4c3F)c12.C=CCCC(C(=O)NC)N(C)C(=O)c1cccc(NCCO)c1C=O.C=O. The minimum atomic E-state index is -0.725. The fraction of sp³-hybridized carbons (Fsp3) is 0.400. The number of aliphatic hydroxyl groups is 1. The van der Waals surface area contributed by atoms with E-state index >= 15 is 4.39 Å². The van der Waals surface area contributed by atoms with Gasteiger partial charge in [-0.15, -0.1) is 13.0 Å². The summed E-state index contributed by atoms with van der Waals surface area (Å²) in [5, 5.41) is 33.1. The van der Waals surface area contributed by atoms with Gasteiger partial charge in [-0.1, -0.05) is 36.3 Å². The van der Waals surface area contributed by atoms with Crippen LogP contribution in [-0.4, -0.2) is 157 Å². The van der Waals surface area contributed by atoms with E-state index in [1.54, 1.807) is 30.5 Å². The predicted molar refractivity (Wildman–Crippen MR) is 281 cm³/mol.